The van der Waals surface area contributed by atoms with Crippen LogP contribution in [0.3, 0.4) is 0 Å². The second-order valence-electron chi connectivity index (χ2n) is 5.56. The second kappa shape index (κ2) is 7.39. The van der Waals surface area contributed by atoms with Crippen LogP contribution in [0.1, 0.15) is 36.6 Å². The Labute approximate surface area is 136 Å². The zero-order valence-electron chi connectivity index (χ0n) is 12.4. The van der Waals surface area contributed by atoms with Crippen LogP contribution in [-0.4, -0.2) is 18.0 Å². The number of unbranched alkanes of at least 4 members (excludes halogenated alkanes) is 2. The van der Waals surface area contributed by atoms with Gasteiger partial charge in [0.2, 0.25) is 0 Å². The lowest BCUT2D eigenvalue weighted by Gasteiger charge is -2.28. The first-order valence-corrected chi connectivity index (χ1v) is 8.37. The molecule has 1 aromatic heterocycles. The van der Waals surface area contributed by atoms with Crippen molar-refractivity contribution in [3.8, 4) is 0 Å². The van der Waals surface area contributed by atoms with Crippen LogP contribution < -0.4 is 5.43 Å². The summed E-state index contributed by atoms with van der Waals surface area (Å²) in [5.74, 6) is 0. The highest BCUT2D eigenvalue weighted by atomic mass is 35.5. The molecule has 0 fully saturated rings. The van der Waals surface area contributed by atoms with Crippen molar-refractivity contribution in [1.82, 2.24) is 4.90 Å². The first kappa shape index (κ1) is 16.5. The molecule has 0 amide bonds. The van der Waals surface area contributed by atoms with Gasteiger partial charge in [0.05, 0.1) is 0 Å². The van der Waals surface area contributed by atoms with Crippen molar-refractivity contribution in [1.29, 1.82) is 0 Å². The third-order valence-electron chi connectivity index (χ3n) is 4.09. The molecule has 0 unspecified atom stereocenters. The monoisotopic (exact) mass is 323 g/mol. The molecule has 4 heteroatoms. The van der Waals surface area contributed by atoms with Crippen LogP contribution in [-0.2, 0) is 13.0 Å². The fourth-order valence-electron chi connectivity index (χ4n) is 2.93. The average Bonchev–Trinajstić information content (AvgIpc) is 2.48. The molecule has 2 nitrogen and oxygen atoms in total. The molecule has 3 rings (SSSR count). The van der Waals surface area contributed by atoms with Crippen LogP contribution in [0, 0.1) is 0 Å². The van der Waals surface area contributed by atoms with Gasteiger partial charge in [-0.2, -0.15) is 0 Å². The summed E-state index contributed by atoms with van der Waals surface area (Å²) in [5.41, 5.74) is 1.31. The summed E-state index contributed by atoms with van der Waals surface area (Å²) in [7, 11) is 0. The maximum Gasteiger partial charge on any atom is 0.192 e. The van der Waals surface area contributed by atoms with Gasteiger partial charge >= 0.3 is 0 Å². The van der Waals surface area contributed by atoms with Gasteiger partial charge in [-0.05, 0) is 31.5 Å². The van der Waals surface area contributed by atoms with Crippen molar-refractivity contribution < 1.29 is 0 Å². The van der Waals surface area contributed by atoms with Crippen LogP contribution in [0.25, 0.3) is 10.1 Å². The molecular weight excluding hydrogens is 302 g/mol. The third-order valence-corrected chi connectivity index (χ3v) is 5.36. The van der Waals surface area contributed by atoms with Gasteiger partial charge in [0.15, 0.2) is 5.43 Å². The predicted molar refractivity (Wildman–Crippen MR) is 93.8 cm³/mol. The van der Waals surface area contributed by atoms with Gasteiger partial charge in [0.25, 0.3) is 0 Å². The minimum atomic E-state index is 0. The lowest BCUT2D eigenvalue weighted by Crippen LogP contribution is -2.34. The van der Waals surface area contributed by atoms with Crippen molar-refractivity contribution >= 4 is 33.8 Å². The summed E-state index contributed by atoms with van der Waals surface area (Å²) in [6, 6.07) is 8.01. The van der Waals surface area contributed by atoms with Gasteiger partial charge in [-0.25, -0.2) is 0 Å². The summed E-state index contributed by atoms with van der Waals surface area (Å²) in [6.45, 7) is 5.31. The quantitative estimate of drug-likeness (QED) is 0.785. The Hall–Kier alpha value is -0.900. The van der Waals surface area contributed by atoms with Crippen LogP contribution in [0.4, 0.5) is 0 Å². The molecule has 1 aliphatic rings. The minimum Gasteiger partial charge on any atom is -0.299 e. The van der Waals surface area contributed by atoms with Crippen molar-refractivity contribution in [2.24, 2.45) is 0 Å². The maximum absolute atomic E-state index is 12.6. The van der Waals surface area contributed by atoms with Crippen LogP contribution in [0.2, 0.25) is 0 Å². The molecular formula is C17H22ClNOS. The summed E-state index contributed by atoms with van der Waals surface area (Å²) in [5, 5.41) is 0.895. The Kier molecular flexibility index (Phi) is 5.80. The summed E-state index contributed by atoms with van der Waals surface area (Å²) < 4.78 is 1.13. The Morgan fingerprint density at radius 3 is 2.86 bits per heavy atom. The summed E-state index contributed by atoms with van der Waals surface area (Å²) in [6.07, 6.45) is 4.82. The molecule has 21 heavy (non-hydrogen) atoms. The van der Waals surface area contributed by atoms with Crippen molar-refractivity contribution in [3.63, 3.8) is 0 Å². The molecule has 0 atom stereocenters. The molecule has 0 aliphatic carbocycles. The zero-order chi connectivity index (χ0) is 13.9. The van der Waals surface area contributed by atoms with Crippen molar-refractivity contribution in [2.45, 2.75) is 39.2 Å². The smallest absolute Gasteiger partial charge is 0.192 e. The predicted octanol–water partition coefficient (Wildman–Crippen LogP) is 4.23. The molecule has 1 aliphatic heterocycles. The second-order valence-corrected chi connectivity index (χ2v) is 6.70. The highest BCUT2D eigenvalue weighted by molar-refractivity contribution is 7.18. The summed E-state index contributed by atoms with van der Waals surface area (Å²) in [4.78, 5) is 16.4. The molecule has 0 saturated heterocycles. The molecule has 0 bridgehead atoms. The lowest BCUT2D eigenvalue weighted by molar-refractivity contribution is 0.249. The van der Waals surface area contributed by atoms with E-state index in [1.54, 1.807) is 0 Å². The van der Waals surface area contributed by atoms with Crippen molar-refractivity contribution in [3.05, 3.63) is 44.9 Å². The van der Waals surface area contributed by atoms with Gasteiger partial charge in [-0.1, -0.05) is 31.9 Å². The molecule has 0 saturated carbocycles. The van der Waals surface area contributed by atoms with Gasteiger partial charge < -0.3 is 0 Å². The van der Waals surface area contributed by atoms with E-state index in [1.807, 2.05) is 29.5 Å². The van der Waals surface area contributed by atoms with E-state index in [2.05, 4.69) is 17.9 Å². The van der Waals surface area contributed by atoms with E-state index >= 15 is 0 Å². The number of hydrogen-bond donors (Lipinski definition) is 0. The third kappa shape index (κ3) is 3.47. The van der Waals surface area contributed by atoms with Crippen LogP contribution >= 0.6 is 23.7 Å². The van der Waals surface area contributed by atoms with E-state index in [-0.39, 0.29) is 17.8 Å². The number of benzene rings is 1. The molecule has 2 heterocycles. The lowest BCUT2D eigenvalue weighted by atomic mass is 10.1. The Balaban J connectivity index is 0.00000161. The summed E-state index contributed by atoms with van der Waals surface area (Å²) >= 11 is 1.81. The molecule has 114 valence electrons. The fourth-order valence-corrected chi connectivity index (χ4v) is 4.08. The Bertz CT molecular complexity index is 667. The average molecular weight is 324 g/mol. The number of nitrogens with zero attached hydrogens (tertiary/aromatic N) is 1. The number of halogens is 1. The van der Waals surface area contributed by atoms with Crippen LogP contribution in [0.15, 0.2) is 29.1 Å². The normalized spacial score (nSPS) is 14.7. The Morgan fingerprint density at radius 2 is 2.05 bits per heavy atom. The first-order chi connectivity index (χ1) is 9.79. The van der Waals surface area contributed by atoms with E-state index in [0.29, 0.717) is 0 Å². The molecule has 2 aromatic rings. The van der Waals surface area contributed by atoms with E-state index < -0.39 is 0 Å². The Morgan fingerprint density at radius 1 is 1.24 bits per heavy atom. The molecule has 0 spiro atoms. The van der Waals surface area contributed by atoms with E-state index in [0.717, 1.165) is 41.7 Å². The highest BCUT2D eigenvalue weighted by Gasteiger charge is 2.20. The van der Waals surface area contributed by atoms with E-state index in [1.165, 1.54) is 24.1 Å². The number of fused-ring (bicyclic) bond motifs is 2. The fraction of sp³-hybridized carbons (Fsp3) is 0.471. The number of rotatable bonds is 4. The van der Waals surface area contributed by atoms with E-state index in [4.69, 9.17) is 0 Å². The first-order valence-electron chi connectivity index (χ1n) is 7.55. The molecule has 0 N–H and O–H groups in total. The zero-order valence-corrected chi connectivity index (χ0v) is 14.1. The minimum absolute atomic E-state index is 0. The van der Waals surface area contributed by atoms with Gasteiger partial charge in [-0.15, -0.1) is 23.7 Å². The van der Waals surface area contributed by atoms with Gasteiger partial charge in [0, 0.05) is 33.6 Å². The molecule has 0 radical (unpaired) electrons. The van der Waals surface area contributed by atoms with Crippen LogP contribution in [0.5, 0.6) is 0 Å². The standard InChI is InChI=1S/C17H21NOS.ClH/c1-2-3-6-10-18-11-9-16-14(12-18)17(19)13-7-4-5-8-15(13)20-16;/h4-5,7-8H,2-3,6,9-12H2,1H3;1H. The van der Waals surface area contributed by atoms with Gasteiger partial charge in [0.1, 0.15) is 0 Å². The SMILES string of the molecule is CCCCCN1CCc2sc3ccccc3c(=O)c2C1.Cl. The topological polar surface area (TPSA) is 20.3 Å². The molecule has 1 aromatic carbocycles. The van der Waals surface area contributed by atoms with Gasteiger partial charge in [-0.3, -0.25) is 9.69 Å². The largest absolute Gasteiger partial charge is 0.299 e. The van der Waals surface area contributed by atoms with E-state index in [9.17, 15) is 4.79 Å². The maximum atomic E-state index is 12.6. The highest BCUT2D eigenvalue weighted by Crippen LogP contribution is 2.26. The van der Waals surface area contributed by atoms with Crippen molar-refractivity contribution in [2.75, 3.05) is 13.1 Å². The number of hydrogen-bond acceptors (Lipinski definition) is 3.